The molecule has 0 unspecified atom stereocenters. The summed E-state index contributed by atoms with van der Waals surface area (Å²) in [4.78, 5) is 30.2. The molecule has 2 heterocycles. The molecule has 4 aromatic rings. The summed E-state index contributed by atoms with van der Waals surface area (Å²) >= 11 is 12.1. The molecule has 1 fully saturated rings. The number of piperidine rings is 1. The molecule has 0 saturated carbocycles. The predicted octanol–water partition coefficient (Wildman–Crippen LogP) is 6.70. The third-order valence-electron chi connectivity index (χ3n) is 6.87. The second-order valence-electron chi connectivity index (χ2n) is 9.64. The Morgan fingerprint density at radius 3 is 2.50 bits per heavy atom. The van der Waals surface area contributed by atoms with Gasteiger partial charge in [-0.15, -0.1) is 0 Å². The second-order valence-corrected chi connectivity index (χ2v) is 10.5. The Labute approximate surface area is 231 Å². The molecule has 1 saturated heterocycles. The van der Waals surface area contributed by atoms with Crippen molar-refractivity contribution in [3.8, 4) is 5.75 Å². The van der Waals surface area contributed by atoms with Crippen LogP contribution in [0.2, 0.25) is 10.0 Å². The van der Waals surface area contributed by atoms with Crippen molar-refractivity contribution in [2.24, 2.45) is 5.92 Å². The van der Waals surface area contributed by atoms with Crippen LogP contribution in [-0.4, -0.2) is 47.9 Å². The van der Waals surface area contributed by atoms with E-state index in [0.29, 0.717) is 47.4 Å². The highest BCUT2D eigenvalue weighted by Crippen LogP contribution is 2.30. The zero-order valence-electron chi connectivity index (χ0n) is 21.0. The van der Waals surface area contributed by atoms with Gasteiger partial charge in [-0.3, -0.25) is 9.59 Å². The van der Waals surface area contributed by atoms with Crippen LogP contribution in [0.25, 0.3) is 11.0 Å². The molecule has 0 spiro atoms. The van der Waals surface area contributed by atoms with Gasteiger partial charge in [-0.25, -0.2) is 0 Å². The van der Waals surface area contributed by atoms with Gasteiger partial charge in [0, 0.05) is 60.9 Å². The normalized spacial score (nSPS) is 17.4. The van der Waals surface area contributed by atoms with Crippen LogP contribution in [0.15, 0.2) is 83.3 Å². The summed E-state index contributed by atoms with van der Waals surface area (Å²) in [5, 5.41) is 1.98. The summed E-state index contributed by atoms with van der Waals surface area (Å²) in [5.74, 6) is 0.524. The Morgan fingerprint density at radius 2 is 1.74 bits per heavy atom. The van der Waals surface area contributed by atoms with Gasteiger partial charge < -0.3 is 19.0 Å². The van der Waals surface area contributed by atoms with E-state index in [1.807, 2.05) is 42.5 Å². The highest BCUT2D eigenvalue weighted by atomic mass is 35.5. The van der Waals surface area contributed by atoms with Gasteiger partial charge in [0.1, 0.15) is 17.4 Å². The van der Waals surface area contributed by atoms with Gasteiger partial charge >= 0.3 is 0 Å². The molecule has 6 nitrogen and oxygen atoms in total. The molecule has 38 heavy (non-hydrogen) atoms. The molecule has 0 radical (unpaired) electrons. The monoisotopic (exact) mass is 550 g/mol. The highest BCUT2D eigenvalue weighted by Gasteiger charge is 2.36. The van der Waals surface area contributed by atoms with E-state index in [1.165, 1.54) is 0 Å². The fraction of sp³-hybridized carbons (Fsp3) is 0.267. The van der Waals surface area contributed by atoms with Crippen LogP contribution in [0.5, 0.6) is 5.75 Å². The van der Waals surface area contributed by atoms with Crippen molar-refractivity contribution in [1.82, 2.24) is 9.80 Å². The fourth-order valence-corrected chi connectivity index (χ4v) is 5.14. The van der Waals surface area contributed by atoms with Crippen LogP contribution >= 0.6 is 23.2 Å². The van der Waals surface area contributed by atoms with Gasteiger partial charge in [0.05, 0.1) is 0 Å². The number of ether oxygens (including phenoxy) is 1. The largest absolute Gasteiger partial charge is 0.490 e. The Morgan fingerprint density at radius 1 is 1.00 bits per heavy atom. The molecule has 196 valence electrons. The Hall–Kier alpha value is -3.48. The van der Waals surface area contributed by atoms with Crippen molar-refractivity contribution >= 4 is 46.0 Å². The predicted molar refractivity (Wildman–Crippen MR) is 149 cm³/mol. The van der Waals surface area contributed by atoms with Crippen molar-refractivity contribution in [2.45, 2.75) is 25.5 Å². The van der Waals surface area contributed by atoms with Crippen molar-refractivity contribution in [3.63, 3.8) is 0 Å². The first-order valence-corrected chi connectivity index (χ1v) is 13.3. The molecular formula is C30H28Cl2N2O4. The number of carbonyl (C=O) groups excluding carboxylic acids is 2. The molecule has 1 aliphatic heterocycles. The quantitative estimate of drug-likeness (QED) is 0.257. The van der Waals surface area contributed by atoms with E-state index < -0.39 is 0 Å². The number of hydrogen-bond acceptors (Lipinski definition) is 4. The van der Waals surface area contributed by atoms with Crippen LogP contribution in [0.3, 0.4) is 0 Å². The van der Waals surface area contributed by atoms with Crippen molar-refractivity contribution in [2.75, 3.05) is 20.1 Å². The van der Waals surface area contributed by atoms with Crippen LogP contribution < -0.4 is 4.74 Å². The molecule has 0 aliphatic carbocycles. The smallest absolute Gasteiger partial charge is 0.289 e. The van der Waals surface area contributed by atoms with Gasteiger partial charge in [-0.1, -0.05) is 53.5 Å². The molecular weight excluding hydrogens is 523 g/mol. The maximum Gasteiger partial charge on any atom is 0.289 e. The lowest BCUT2D eigenvalue weighted by molar-refractivity contribution is -0.133. The van der Waals surface area contributed by atoms with E-state index in [0.717, 1.165) is 10.9 Å². The second kappa shape index (κ2) is 11.5. The number of fused-ring (bicyclic) bond motifs is 1. The molecule has 1 aliphatic rings. The summed E-state index contributed by atoms with van der Waals surface area (Å²) in [6, 6.07) is 24.0. The number of rotatable bonds is 7. The Kier molecular flexibility index (Phi) is 7.91. The molecule has 5 rings (SSSR count). The summed E-state index contributed by atoms with van der Waals surface area (Å²) in [7, 11) is 1.80. The molecule has 2 atom stereocenters. The maximum absolute atomic E-state index is 13.4. The lowest BCUT2D eigenvalue weighted by atomic mass is 9.90. The number of nitrogens with zero attached hydrogens (tertiary/aromatic N) is 2. The van der Waals surface area contributed by atoms with E-state index >= 15 is 0 Å². The van der Waals surface area contributed by atoms with Crippen LogP contribution in [-0.2, 0) is 11.3 Å². The van der Waals surface area contributed by atoms with E-state index in [-0.39, 0.29) is 36.0 Å². The van der Waals surface area contributed by atoms with E-state index in [2.05, 4.69) is 0 Å². The van der Waals surface area contributed by atoms with Gasteiger partial charge in [0.25, 0.3) is 5.91 Å². The molecule has 2 amide bonds. The molecule has 3 aromatic carbocycles. The molecule has 0 bridgehead atoms. The average molecular weight is 551 g/mol. The minimum atomic E-state index is -0.233. The first kappa shape index (κ1) is 26.1. The topological polar surface area (TPSA) is 63.0 Å². The van der Waals surface area contributed by atoms with Gasteiger partial charge in [0.15, 0.2) is 5.76 Å². The van der Waals surface area contributed by atoms with Crippen molar-refractivity contribution in [1.29, 1.82) is 0 Å². The molecule has 0 N–H and O–H groups in total. The standard InChI is InChI=1S/C30H28Cl2N2O4/c1-33(18-20-5-3-2-4-6-20)29(35)17-22-19-34(14-13-27(22)37-25-10-7-23(31)8-11-25)30(36)28-16-21-15-24(32)9-12-26(21)38-28/h2-12,15-16,22,27H,13-14,17-19H2,1H3/t22-,27-/m0/s1. The SMILES string of the molecule is CN(Cc1ccccc1)C(=O)C[C@H]1CN(C(=O)c2cc3cc(Cl)ccc3o2)CC[C@@H]1Oc1ccc(Cl)cc1. The minimum absolute atomic E-state index is 0.00348. The number of carbonyl (C=O) groups is 2. The first-order chi connectivity index (χ1) is 18.4. The lowest BCUT2D eigenvalue weighted by Crippen LogP contribution is -2.49. The number of furan rings is 1. The van der Waals surface area contributed by atoms with Crippen LogP contribution in [0.1, 0.15) is 29.0 Å². The van der Waals surface area contributed by atoms with Gasteiger partial charge in [0.2, 0.25) is 5.91 Å². The molecule has 1 aromatic heterocycles. The minimum Gasteiger partial charge on any atom is -0.490 e. The Balaban J connectivity index is 1.32. The number of halogens is 2. The summed E-state index contributed by atoms with van der Waals surface area (Å²) in [6.07, 6.45) is 0.603. The zero-order chi connectivity index (χ0) is 26.6. The van der Waals surface area contributed by atoms with E-state index in [4.69, 9.17) is 32.4 Å². The third-order valence-corrected chi connectivity index (χ3v) is 7.35. The summed E-state index contributed by atoms with van der Waals surface area (Å²) in [5.41, 5.74) is 1.66. The lowest BCUT2D eigenvalue weighted by Gasteiger charge is -2.38. The number of benzene rings is 3. The fourth-order valence-electron chi connectivity index (χ4n) is 4.84. The zero-order valence-corrected chi connectivity index (χ0v) is 22.5. The van der Waals surface area contributed by atoms with Crippen molar-refractivity contribution < 1.29 is 18.7 Å². The number of amides is 2. The summed E-state index contributed by atoms with van der Waals surface area (Å²) in [6.45, 7) is 1.37. The third kappa shape index (κ3) is 6.14. The Bertz CT molecular complexity index is 1420. The molecule has 8 heteroatoms. The van der Waals surface area contributed by atoms with E-state index in [9.17, 15) is 9.59 Å². The average Bonchev–Trinajstić information content (AvgIpc) is 3.34. The first-order valence-electron chi connectivity index (χ1n) is 12.5. The highest BCUT2D eigenvalue weighted by molar-refractivity contribution is 6.31. The van der Waals surface area contributed by atoms with Gasteiger partial charge in [-0.2, -0.15) is 0 Å². The van der Waals surface area contributed by atoms with Gasteiger partial charge in [-0.05, 0) is 54.1 Å². The van der Waals surface area contributed by atoms with E-state index in [1.54, 1.807) is 53.2 Å². The number of hydrogen-bond donors (Lipinski definition) is 0. The van der Waals surface area contributed by atoms with Crippen molar-refractivity contribution in [3.05, 3.63) is 100 Å². The summed E-state index contributed by atoms with van der Waals surface area (Å²) < 4.78 is 12.1. The maximum atomic E-state index is 13.4. The van der Waals surface area contributed by atoms with Crippen LogP contribution in [0, 0.1) is 5.92 Å². The number of likely N-dealkylation sites (tertiary alicyclic amines) is 1. The van der Waals surface area contributed by atoms with Crippen LogP contribution in [0.4, 0.5) is 0 Å².